The van der Waals surface area contributed by atoms with Gasteiger partial charge in [-0.1, -0.05) is 17.8 Å². The van der Waals surface area contributed by atoms with E-state index in [0.29, 0.717) is 4.90 Å². The van der Waals surface area contributed by atoms with E-state index in [9.17, 15) is 9.18 Å². The number of nitrogens with two attached hydrogens (primary N) is 1. The van der Waals surface area contributed by atoms with Crippen molar-refractivity contribution in [3.05, 3.63) is 41.0 Å². The van der Waals surface area contributed by atoms with Crippen molar-refractivity contribution in [3.8, 4) is 0 Å². The Morgan fingerprint density at radius 2 is 2.28 bits per heavy atom. The summed E-state index contributed by atoms with van der Waals surface area (Å²) in [5, 5.41) is 1.90. The Morgan fingerprint density at radius 1 is 1.50 bits per heavy atom. The Kier molecular flexibility index (Phi) is 3.88. The second-order valence-corrected chi connectivity index (χ2v) is 5.69. The fraction of sp³-hybridized carbons (Fsp3) is 0.0833. The number of ether oxygens (including phenoxy) is 1. The predicted molar refractivity (Wildman–Crippen MR) is 70.6 cm³/mol. The molecule has 0 unspecified atom stereocenters. The lowest BCUT2D eigenvalue weighted by Gasteiger charge is -2.07. The summed E-state index contributed by atoms with van der Waals surface area (Å²) >= 11 is 2.75. The molecule has 0 bridgehead atoms. The first-order chi connectivity index (χ1) is 8.61. The molecule has 6 heteroatoms. The van der Waals surface area contributed by atoms with Gasteiger partial charge >= 0.3 is 5.97 Å². The zero-order valence-electron chi connectivity index (χ0n) is 9.48. The van der Waals surface area contributed by atoms with Gasteiger partial charge in [-0.05, 0) is 23.6 Å². The lowest BCUT2D eigenvalue weighted by molar-refractivity contribution is 0.0601. The number of methoxy groups -OCH3 is 1. The van der Waals surface area contributed by atoms with Crippen LogP contribution in [-0.2, 0) is 4.74 Å². The Labute approximate surface area is 112 Å². The third kappa shape index (κ3) is 2.65. The first kappa shape index (κ1) is 12.9. The van der Waals surface area contributed by atoms with Gasteiger partial charge in [0.15, 0.2) is 0 Å². The van der Waals surface area contributed by atoms with E-state index in [1.807, 2.05) is 17.5 Å². The van der Waals surface area contributed by atoms with E-state index in [2.05, 4.69) is 4.74 Å². The van der Waals surface area contributed by atoms with Crippen LogP contribution in [0.15, 0.2) is 38.8 Å². The number of esters is 1. The van der Waals surface area contributed by atoms with Crippen LogP contribution in [0.3, 0.4) is 0 Å². The number of hydrogen-bond donors (Lipinski definition) is 1. The van der Waals surface area contributed by atoms with Gasteiger partial charge in [0.2, 0.25) is 0 Å². The number of carbonyl (C=O) groups is 1. The first-order valence-corrected chi connectivity index (χ1v) is 6.70. The molecule has 0 aliphatic rings. The molecule has 0 saturated heterocycles. The van der Waals surface area contributed by atoms with E-state index in [1.54, 1.807) is 0 Å². The summed E-state index contributed by atoms with van der Waals surface area (Å²) in [4.78, 5) is 11.8. The normalized spacial score (nSPS) is 10.3. The van der Waals surface area contributed by atoms with Crippen molar-refractivity contribution in [2.24, 2.45) is 0 Å². The van der Waals surface area contributed by atoms with Gasteiger partial charge in [-0.3, -0.25) is 0 Å². The summed E-state index contributed by atoms with van der Waals surface area (Å²) in [5.74, 6) is -1.01. The van der Waals surface area contributed by atoms with Crippen LogP contribution < -0.4 is 5.73 Å². The van der Waals surface area contributed by atoms with Crippen LogP contribution in [0.1, 0.15) is 10.4 Å². The third-order valence-electron chi connectivity index (χ3n) is 2.21. The van der Waals surface area contributed by atoms with Crippen LogP contribution in [0.4, 0.5) is 10.1 Å². The number of rotatable bonds is 3. The minimum absolute atomic E-state index is 0.0786. The molecule has 0 aliphatic heterocycles. The van der Waals surface area contributed by atoms with Crippen molar-refractivity contribution in [3.63, 3.8) is 0 Å². The molecule has 0 spiro atoms. The van der Waals surface area contributed by atoms with Gasteiger partial charge < -0.3 is 10.5 Å². The number of benzene rings is 1. The van der Waals surface area contributed by atoms with Crippen LogP contribution >= 0.6 is 23.1 Å². The molecule has 0 atom stereocenters. The Hall–Kier alpha value is -1.53. The van der Waals surface area contributed by atoms with Crippen LogP contribution in [0.2, 0.25) is 0 Å². The van der Waals surface area contributed by atoms with Crippen molar-refractivity contribution in [1.29, 1.82) is 0 Å². The summed E-state index contributed by atoms with van der Waals surface area (Å²) in [6.07, 6.45) is 0. The SMILES string of the molecule is COC(=O)c1cc(Sc2cccs2)c(F)cc1N. The highest BCUT2D eigenvalue weighted by Gasteiger charge is 2.15. The van der Waals surface area contributed by atoms with Crippen molar-refractivity contribution < 1.29 is 13.9 Å². The molecule has 0 radical (unpaired) electrons. The van der Waals surface area contributed by atoms with Gasteiger partial charge in [0.25, 0.3) is 0 Å². The molecule has 0 fully saturated rings. The topological polar surface area (TPSA) is 52.3 Å². The molecule has 3 nitrogen and oxygen atoms in total. The van der Waals surface area contributed by atoms with Crippen molar-refractivity contribution in [2.75, 3.05) is 12.8 Å². The predicted octanol–water partition coefficient (Wildman–Crippen LogP) is 3.41. The standard InChI is InChI=1S/C12H10FNO2S2/c1-16-12(15)7-5-10(8(13)6-9(7)14)18-11-3-2-4-17-11/h2-6H,14H2,1H3. The minimum atomic E-state index is -0.569. The Balaban J connectivity index is 2.38. The molecule has 18 heavy (non-hydrogen) atoms. The summed E-state index contributed by atoms with van der Waals surface area (Å²) in [7, 11) is 1.26. The Morgan fingerprint density at radius 3 is 2.89 bits per heavy atom. The van der Waals surface area contributed by atoms with E-state index in [1.165, 1.54) is 36.3 Å². The summed E-state index contributed by atoms with van der Waals surface area (Å²) < 4.78 is 19.3. The largest absolute Gasteiger partial charge is 0.465 e. The Bertz CT molecular complexity index is 570. The zero-order valence-corrected chi connectivity index (χ0v) is 11.1. The first-order valence-electron chi connectivity index (χ1n) is 5.00. The molecule has 1 aromatic heterocycles. The lowest BCUT2D eigenvalue weighted by atomic mass is 10.2. The van der Waals surface area contributed by atoms with Crippen molar-refractivity contribution in [1.82, 2.24) is 0 Å². The molecule has 0 saturated carbocycles. The lowest BCUT2D eigenvalue weighted by Crippen LogP contribution is -2.06. The molecule has 1 aromatic carbocycles. The average molecular weight is 283 g/mol. The quantitative estimate of drug-likeness (QED) is 0.693. The molecule has 0 amide bonds. The van der Waals surface area contributed by atoms with Crippen LogP contribution in [-0.4, -0.2) is 13.1 Å². The van der Waals surface area contributed by atoms with Gasteiger partial charge in [-0.2, -0.15) is 0 Å². The van der Waals surface area contributed by atoms with E-state index in [-0.39, 0.29) is 11.3 Å². The fourth-order valence-corrected chi connectivity index (χ4v) is 3.14. The van der Waals surface area contributed by atoms with Crippen molar-refractivity contribution in [2.45, 2.75) is 9.10 Å². The summed E-state index contributed by atoms with van der Waals surface area (Å²) in [6, 6.07) is 6.31. The van der Waals surface area contributed by atoms with Gasteiger partial charge in [0.1, 0.15) is 5.82 Å². The number of carbonyl (C=O) groups excluding carboxylic acids is 1. The van der Waals surface area contributed by atoms with Crippen LogP contribution in [0.25, 0.3) is 0 Å². The highest BCUT2D eigenvalue weighted by molar-refractivity contribution is 8.01. The molecule has 0 aliphatic carbocycles. The maximum absolute atomic E-state index is 13.7. The maximum Gasteiger partial charge on any atom is 0.339 e. The number of nitrogen functional groups attached to an aromatic ring is 1. The van der Waals surface area contributed by atoms with E-state index >= 15 is 0 Å². The highest BCUT2D eigenvalue weighted by atomic mass is 32.2. The number of thiophene rings is 1. The fourth-order valence-electron chi connectivity index (χ4n) is 1.36. The monoisotopic (exact) mass is 283 g/mol. The molecule has 94 valence electrons. The molecule has 2 aromatic rings. The van der Waals surface area contributed by atoms with E-state index < -0.39 is 11.8 Å². The average Bonchev–Trinajstić information content (AvgIpc) is 2.84. The molecular formula is C12H10FNO2S2. The number of hydrogen-bond acceptors (Lipinski definition) is 5. The van der Waals surface area contributed by atoms with Gasteiger partial charge in [0.05, 0.1) is 16.9 Å². The summed E-state index contributed by atoms with van der Waals surface area (Å²) in [5.41, 5.74) is 5.85. The van der Waals surface area contributed by atoms with Gasteiger partial charge in [-0.25, -0.2) is 9.18 Å². The third-order valence-corrected chi connectivity index (χ3v) is 4.29. The molecule has 1 heterocycles. The number of halogens is 1. The highest BCUT2D eigenvalue weighted by Crippen LogP contribution is 2.35. The molecule has 2 rings (SSSR count). The van der Waals surface area contributed by atoms with E-state index in [4.69, 9.17) is 5.73 Å². The number of anilines is 1. The smallest absolute Gasteiger partial charge is 0.339 e. The maximum atomic E-state index is 13.7. The van der Waals surface area contributed by atoms with Crippen LogP contribution in [0.5, 0.6) is 0 Å². The van der Waals surface area contributed by atoms with E-state index in [0.717, 1.165) is 10.3 Å². The zero-order chi connectivity index (χ0) is 13.1. The minimum Gasteiger partial charge on any atom is -0.465 e. The summed E-state index contributed by atoms with van der Waals surface area (Å²) in [6.45, 7) is 0. The molecule has 2 N–H and O–H groups in total. The van der Waals surface area contributed by atoms with Gasteiger partial charge in [-0.15, -0.1) is 11.3 Å². The second-order valence-electron chi connectivity index (χ2n) is 3.40. The van der Waals surface area contributed by atoms with Crippen molar-refractivity contribution >= 4 is 34.8 Å². The van der Waals surface area contributed by atoms with Crippen LogP contribution in [0, 0.1) is 5.82 Å². The van der Waals surface area contributed by atoms with Gasteiger partial charge in [0, 0.05) is 10.6 Å². The second kappa shape index (κ2) is 5.41. The molecular weight excluding hydrogens is 273 g/mol.